The molecule has 0 saturated heterocycles. The summed E-state index contributed by atoms with van der Waals surface area (Å²) >= 11 is 3.00. The molecule has 4 heteroatoms. The largest absolute Gasteiger partial charge is 0.477 e. The Kier molecular flexibility index (Phi) is 3.39. The first-order valence-electron chi connectivity index (χ1n) is 4.01. The lowest BCUT2D eigenvalue weighted by Crippen LogP contribution is -1.97. The zero-order valence-corrected chi connectivity index (χ0v) is 9.51. The van der Waals surface area contributed by atoms with Gasteiger partial charge in [0, 0.05) is 0 Å². The van der Waals surface area contributed by atoms with Crippen LogP contribution >= 0.6 is 23.1 Å². The summed E-state index contributed by atoms with van der Waals surface area (Å²) < 4.78 is 1.12. The molecule has 1 N–H and O–H groups in total. The van der Waals surface area contributed by atoms with Crippen LogP contribution in [0.5, 0.6) is 0 Å². The molecule has 0 aliphatic carbocycles. The Hall–Kier alpha value is -0.480. The van der Waals surface area contributed by atoms with Crippen molar-refractivity contribution >= 4 is 29.1 Å². The van der Waals surface area contributed by atoms with Crippen molar-refractivity contribution in [2.45, 2.75) is 24.5 Å². The fourth-order valence-corrected chi connectivity index (χ4v) is 3.30. The minimum Gasteiger partial charge on any atom is -0.477 e. The van der Waals surface area contributed by atoms with Crippen LogP contribution in [-0.4, -0.2) is 17.3 Å². The summed E-state index contributed by atoms with van der Waals surface area (Å²) in [6, 6.07) is 0. The van der Waals surface area contributed by atoms with Gasteiger partial charge in [0.05, 0.1) is 4.21 Å². The summed E-state index contributed by atoms with van der Waals surface area (Å²) in [6.45, 7) is 3.99. The number of carboxylic acid groups (broad SMARTS) is 1. The summed E-state index contributed by atoms with van der Waals surface area (Å²) in [5.74, 6) is -0.801. The zero-order valence-electron chi connectivity index (χ0n) is 7.88. The number of carbonyl (C=O) groups is 1. The second kappa shape index (κ2) is 4.15. The lowest BCUT2D eigenvalue weighted by Gasteiger charge is -1.96. The number of rotatable bonds is 3. The number of hydrogen-bond donors (Lipinski definition) is 1. The molecule has 13 heavy (non-hydrogen) atoms. The van der Waals surface area contributed by atoms with Gasteiger partial charge in [0.25, 0.3) is 0 Å². The SMILES string of the molecule is CCc1c(C(=O)O)sc(SC)c1C. The number of thioether (sulfide) groups is 1. The first-order chi connectivity index (χ1) is 6.11. The van der Waals surface area contributed by atoms with Gasteiger partial charge >= 0.3 is 5.97 Å². The quantitative estimate of drug-likeness (QED) is 0.789. The fourth-order valence-electron chi connectivity index (χ4n) is 1.32. The van der Waals surface area contributed by atoms with Crippen molar-refractivity contribution in [3.8, 4) is 0 Å². The second-order valence-corrected chi connectivity index (χ2v) is 4.78. The van der Waals surface area contributed by atoms with Crippen LogP contribution in [0, 0.1) is 6.92 Å². The standard InChI is InChI=1S/C9H12O2S2/c1-4-6-5(2)9(12-3)13-7(6)8(10)11/h4H2,1-3H3,(H,10,11). The Labute approximate surface area is 86.0 Å². The van der Waals surface area contributed by atoms with Gasteiger partial charge in [0.2, 0.25) is 0 Å². The predicted molar refractivity (Wildman–Crippen MR) is 57.2 cm³/mol. The zero-order chi connectivity index (χ0) is 10.0. The Morgan fingerprint density at radius 2 is 2.23 bits per heavy atom. The Balaban J connectivity index is 3.27. The molecule has 0 aliphatic heterocycles. The molecular weight excluding hydrogens is 204 g/mol. The van der Waals surface area contributed by atoms with Gasteiger partial charge in [-0.25, -0.2) is 4.79 Å². The smallest absolute Gasteiger partial charge is 0.346 e. The highest BCUT2D eigenvalue weighted by Crippen LogP contribution is 2.34. The van der Waals surface area contributed by atoms with Crippen LogP contribution in [0.2, 0.25) is 0 Å². The molecule has 0 fully saturated rings. The Bertz CT molecular complexity index is 329. The average Bonchev–Trinajstić information content (AvgIpc) is 2.42. The molecule has 1 heterocycles. The van der Waals surface area contributed by atoms with Gasteiger partial charge in [-0.1, -0.05) is 6.92 Å². The van der Waals surface area contributed by atoms with Crippen LogP contribution in [0.25, 0.3) is 0 Å². The summed E-state index contributed by atoms with van der Waals surface area (Å²) in [5, 5.41) is 8.93. The molecule has 0 aromatic carbocycles. The van der Waals surface area contributed by atoms with Crippen molar-refractivity contribution in [2.24, 2.45) is 0 Å². The van der Waals surface area contributed by atoms with Gasteiger partial charge in [-0.3, -0.25) is 0 Å². The van der Waals surface area contributed by atoms with Gasteiger partial charge in [-0.2, -0.15) is 0 Å². The molecular formula is C9H12O2S2. The summed E-state index contributed by atoms with van der Waals surface area (Å²) in [6.07, 6.45) is 2.77. The van der Waals surface area contributed by atoms with Crippen molar-refractivity contribution in [1.29, 1.82) is 0 Å². The van der Waals surface area contributed by atoms with Gasteiger partial charge in [0.15, 0.2) is 0 Å². The third kappa shape index (κ3) is 1.89. The van der Waals surface area contributed by atoms with E-state index < -0.39 is 5.97 Å². The predicted octanol–water partition coefficient (Wildman–Crippen LogP) is 3.04. The topological polar surface area (TPSA) is 37.3 Å². The van der Waals surface area contributed by atoms with E-state index >= 15 is 0 Å². The maximum atomic E-state index is 10.9. The van der Waals surface area contributed by atoms with Crippen molar-refractivity contribution in [2.75, 3.05) is 6.26 Å². The first kappa shape index (κ1) is 10.6. The second-order valence-electron chi connectivity index (χ2n) is 2.69. The van der Waals surface area contributed by atoms with Crippen molar-refractivity contribution in [1.82, 2.24) is 0 Å². The van der Waals surface area contributed by atoms with E-state index in [-0.39, 0.29) is 0 Å². The minimum absolute atomic E-state index is 0.504. The van der Waals surface area contributed by atoms with Gasteiger partial charge < -0.3 is 5.11 Å². The highest BCUT2D eigenvalue weighted by molar-refractivity contribution is 8.00. The van der Waals surface area contributed by atoms with Gasteiger partial charge in [0.1, 0.15) is 4.88 Å². The number of aromatic carboxylic acids is 1. The number of hydrogen-bond acceptors (Lipinski definition) is 3. The fraction of sp³-hybridized carbons (Fsp3) is 0.444. The molecule has 2 nitrogen and oxygen atoms in total. The van der Waals surface area contributed by atoms with E-state index in [9.17, 15) is 4.79 Å². The van der Waals surface area contributed by atoms with Crippen LogP contribution < -0.4 is 0 Å². The lowest BCUT2D eigenvalue weighted by atomic mass is 10.1. The maximum absolute atomic E-state index is 10.9. The number of carboxylic acids is 1. The maximum Gasteiger partial charge on any atom is 0.346 e. The highest BCUT2D eigenvalue weighted by Gasteiger charge is 2.17. The third-order valence-electron chi connectivity index (χ3n) is 1.96. The molecule has 1 aromatic rings. The van der Waals surface area contributed by atoms with Crippen LogP contribution in [0.4, 0.5) is 0 Å². The monoisotopic (exact) mass is 216 g/mol. The van der Waals surface area contributed by atoms with Crippen molar-refractivity contribution in [3.63, 3.8) is 0 Å². The molecule has 72 valence electrons. The molecule has 0 saturated carbocycles. The van der Waals surface area contributed by atoms with E-state index in [1.54, 1.807) is 11.8 Å². The van der Waals surface area contributed by atoms with Crippen LogP contribution in [0.3, 0.4) is 0 Å². The molecule has 0 unspecified atom stereocenters. The highest BCUT2D eigenvalue weighted by atomic mass is 32.2. The van der Waals surface area contributed by atoms with E-state index in [4.69, 9.17) is 5.11 Å². The summed E-state index contributed by atoms with van der Waals surface area (Å²) in [7, 11) is 0. The van der Waals surface area contributed by atoms with Crippen LogP contribution in [0.1, 0.15) is 27.7 Å². The van der Waals surface area contributed by atoms with Crippen molar-refractivity contribution < 1.29 is 9.90 Å². The minimum atomic E-state index is -0.801. The van der Waals surface area contributed by atoms with E-state index in [1.165, 1.54) is 11.3 Å². The molecule has 0 aliphatic rings. The molecule has 0 spiro atoms. The van der Waals surface area contributed by atoms with E-state index in [0.717, 1.165) is 21.8 Å². The first-order valence-corrected chi connectivity index (χ1v) is 6.05. The summed E-state index contributed by atoms with van der Waals surface area (Å²) in [4.78, 5) is 11.4. The van der Waals surface area contributed by atoms with E-state index in [1.807, 2.05) is 20.1 Å². The molecule has 1 rings (SSSR count). The molecule has 0 bridgehead atoms. The Morgan fingerprint density at radius 3 is 2.54 bits per heavy atom. The molecule has 0 radical (unpaired) electrons. The van der Waals surface area contributed by atoms with Gasteiger partial charge in [-0.15, -0.1) is 23.1 Å². The van der Waals surface area contributed by atoms with Crippen molar-refractivity contribution in [3.05, 3.63) is 16.0 Å². The Morgan fingerprint density at radius 1 is 1.62 bits per heavy atom. The lowest BCUT2D eigenvalue weighted by molar-refractivity contribution is 0.0701. The van der Waals surface area contributed by atoms with Gasteiger partial charge in [-0.05, 0) is 30.7 Å². The molecule has 0 amide bonds. The van der Waals surface area contributed by atoms with E-state index in [2.05, 4.69) is 0 Å². The normalized spacial score (nSPS) is 10.4. The molecule has 1 aromatic heterocycles. The number of thiophene rings is 1. The molecule has 0 atom stereocenters. The third-order valence-corrected chi connectivity index (χ3v) is 4.50. The average molecular weight is 216 g/mol. The van der Waals surface area contributed by atoms with Crippen LogP contribution in [-0.2, 0) is 6.42 Å². The van der Waals surface area contributed by atoms with Crippen LogP contribution in [0.15, 0.2) is 4.21 Å². The van der Waals surface area contributed by atoms with E-state index in [0.29, 0.717) is 4.88 Å². The summed E-state index contributed by atoms with van der Waals surface area (Å²) in [5.41, 5.74) is 2.12.